The summed E-state index contributed by atoms with van der Waals surface area (Å²) in [5.74, 6) is 0. The first kappa shape index (κ1) is 43.1. The molecule has 0 radical (unpaired) electrons. The van der Waals surface area contributed by atoms with Gasteiger partial charge in [0.1, 0.15) is 0 Å². The van der Waals surface area contributed by atoms with Gasteiger partial charge in [0.2, 0.25) is 12.3 Å². The fourth-order valence-electron chi connectivity index (χ4n) is 0. The summed E-state index contributed by atoms with van der Waals surface area (Å²) in [5.41, 5.74) is 0. The molecule has 0 bridgehead atoms. The molecule has 0 spiro atoms. The molecule has 0 saturated heterocycles. The maximum Gasteiger partial charge on any atom is 2.00 e. The van der Waals surface area contributed by atoms with Crippen molar-refractivity contribution in [3.63, 3.8) is 0 Å². The number of carboxylic acid groups (broad SMARTS) is 8. The Balaban J connectivity index is -0.0000000192. The number of hydrogen-bond acceptors (Lipinski definition) is 6. The van der Waals surface area contributed by atoms with Crippen molar-refractivity contribution in [1.82, 2.24) is 0 Å². The molecule has 112 valence electrons. The van der Waals surface area contributed by atoms with Gasteiger partial charge in [0.25, 0.3) is 0 Å². The van der Waals surface area contributed by atoms with Gasteiger partial charge in [-0.3, -0.25) is 0 Å². The minimum atomic E-state index is -2.08. The van der Waals surface area contributed by atoms with Crippen LogP contribution in [0.2, 0.25) is 0 Å². The van der Waals surface area contributed by atoms with Gasteiger partial charge in [-0.05, 0) is 0 Å². The van der Waals surface area contributed by atoms with E-state index in [0.717, 1.165) is 0 Å². The van der Waals surface area contributed by atoms with E-state index in [2.05, 4.69) is 0 Å². The largest absolute Gasteiger partial charge is 2.00 e. The molecular weight excluding hydrogens is 352 g/mol. The number of rotatable bonds is 0. The van der Waals surface area contributed by atoms with Crippen LogP contribution in [0, 0.1) is 0 Å². The molecule has 0 unspecified atom stereocenters. The van der Waals surface area contributed by atoms with Crippen LogP contribution in [0.3, 0.4) is 0 Å². The van der Waals surface area contributed by atoms with E-state index in [4.69, 9.17) is 60.0 Å². The SMILES string of the molecule is O.O=C(O)O.O=C(O)O.O=C([O-])O.O=C([O-])O.[Ca+2].[Fe]. The van der Waals surface area contributed by atoms with Gasteiger partial charge in [-0.2, -0.15) is 0 Å². The molecule has 15 heteroatoms. The van der Waals surface area contributed by atoms with Gasteiger partial charge in [0.15, 0.2) is 0 Å². The van der Waals surface area contributed by atoms with Gasteiger partial charge in [-0.15, -0.1) is 0 Å². The van der Waals surface area contributed by atoms with Crippen LogP contribution >= 0.6 is 0 Å². The van der Waals surface area contributed by atoms with Crippen LogP contribution in [0.15, 0.2) is 0 Å². The van der Waals surface area contributed by atoms with Crippen LogP contribution in [0.4, 0.5) is 19.2 Å². The monoisotopic (exact) mass is 360 g/mol. The maximum absolute atomic E-state index is 8.56. The first-order chi connectivity index (χ1) is 6.93. The average molecular weight is 360 g/mol. The Morgan fingerprint density at radius 2 is 0.632 bits per heavy atom. The Hall–Kier alpha value is -1.18. The van der Waals surface area contributed by atoms with E-state index in [0.29, 0.717) is 0 Å². The van der Waals surface area contributed by atoms with Crippen molar-refractivity contribution in [2.75, 3.05) is 0 Å². The zero-order valence-electron chi connectivity index (χ0n) is 8.69. The molecule has 0 amide bonds. The fourth-order valence-corrected chi connectivity index (χ4v) is 0. The molecular formula is C4H8CaFeO13. The Bertz CT molecular complexity index is 165. The van der Waals surface area contributed by atoms with Gasteiger partial charge in [0, 0.05) is 17.1 Å². The van der Waals surface area contributed by atoms with Gasteiger partial charge in [0.05, 0.1) is 0 Å². The first-order valence-corrected chi connectivity index (χ1v) is 2.57. The van der Waals surface area contributed by atoms with Gasteiger partial charge < -0.3 is 55.9 Å². The molecule has 0 aliphatic rings. The predicted octanol–water partition coefficient (Wildman–Crippen LogP) is -2.99. The maximum atomic E-state index is 8.56. The summed E-state index contributed by atoms with van der Waals surface area (Å²) in [4.78, 5) is 34.0. The van der Waals surface area contributed by atoms with Crippen molar-refractivity contribution in [3.8, 4) is 0 Å². The van der Waals surface area contributed by atoms with Crippen molar-refractivity contribution in [2.45, 2.75) is 0 Å². The zero-order valence-corrected chi connectivity index (χ0v) is 12.0. The zero-order chi connectivity index (χ0) is 14.3. The summed E-state index contributed by atoms with van der Waals surface area (Å²) in [6, 6.07) is 0. The van der Waals surface area contributed by atoms with Crippen LogP contribution in [0.5, 0.6) is 0 Å². The quantitative estimate of drug-likeness (QED) is 0.236. The van der Waals surface area contributed by atoms with Crippen molar-refractivity contribution >= 4 is 62.4 Å². The van der Waals surface area contributed by atoms with Crippen molar-refractivity contribution in [2.24, 2.45) is 0 Å². The van der Waals surface area contributed by atoms with E-state index >= 15 is 0 Å². The summed E-state index contributed by atoms with van der Waals surface area (Å²) in [5, 5.41) is 58.5. The summed E-state index contributed by atoms with van der Waals surface area (Å²) in [6.07, 6.45) is -7.83. The first-order valence-electron chi connectivity index (χ1n) is 2.57. The Labute approximate surface area is 144 Å². The van der Waals surface area contributed by atoms with E-state index in [1.54, 1.807) is 0 Å². The molecule has 0 aromatic heterocycles. The van der Waals surface area contributed by atoms with Crippen molar-refractivity contribution in [1.29, 1.82) is 0 Å². The van der Waals surface area contributed by atoms with Crippen LogP contribution in [-0.4, -0.2) is 98.5 Å². The van der Waals surface area contributed by atoms with E-state index < -0.39 is 24.6 Å². The summed E-state index contributed by atoms with van der Waals surface area (Å²) in [6.45, 7) is 0. The molecule has 0 aliphatic carbocycles. The third-order valence-electron chi connectivity index (χ3n) is 0. The molecule has 0 heterocycles. The topological polar surface area (TPSA) is 267 Å². The molecule has 8 N–H and O–H groups in total. The summed E-state index contributed by atoms with van der Waals surface area (Å²) < 4.78 is 0. The Morgan fingerprint density at radius 3 is 0.632 bits per heavy atom. The Kier molecular flexibility index (Phi) is 81.5. The van der Waals surface area contributed by atoms with Crippen LogP contribution < -0.4 is 10.2 Å². The molecule has 0 fully saturated rings. The molecule has 0 aromatic rings. The molecule has 0 saturated carbocycles. The molecule has 0 aliphatic heterocycles. The smallest absolute Gasteiger partial charge is 0.565 e. The fraction of sp³-hybridized carbons (Fsp3) is 0. The number of carbonyl (C=O) groups is 4. The molecule has 19 heavy (non-hydrogen) atoms. The predicted molar refractivity (Wildman–Crippen MR) is 46.7 cm³/mol. The Morgan fingerprint density at radius 1 is 0.632 bits per heavy atom. The van der Waals surface area contributed by atoms with Gasteiger partial charge >= 0.3 is 50.0 Å². The van der Waals surface area contributed by atoms with Crippen molar-refractivity contribution < 1.29 is 82.6 Å². The second kappa shape index (κ2) is 36.0. The van der Waals surface area contributed by atoms with Crippen molar-refractivity contribution in [3.05, 3.63) is 0 Å². The van der Waals surface area contributed by atoms with E-state index in [-0.39, 0.29) is 60.3 Å². The summed E-state index contributed by atoms with van der Waals surface area (Å²) >= 11 is 0. The second-order valence-corrected chi connectivity index (χ2v) is 1.10. The number of hydrogen-bond donors (Lipinski definition) is 6. The molecule has 0 atom stereocenters. The van der Waals surface area contributed by atoms with Crippen LogP contribution in [0.25, 0.3) is 0 Å². The minimum Gasteiger partial charge on any atom is -0.565 e. The van der Waals surface area contributed by atoms with Gasteiger partial charge in [-0.25, -0.2) is 9.59 Å². The molecule has 0 rings (SSSR count). The van der Waals surface area contributed by atoms with Crippen LogP contribution in [-0.2, 0) is 17.1 Å². The van der Waals surface area contributed by atoms with E-state index in [1.165, 1.54) is 0 Å². The third-order valence-corrected chi connectivity index (χ3v) is 0. The normalized spacial score (nSPS) is 5.05. The third kappa shape index (κ3) is 2650. The molecule has 0 aromatic carbocycles. The van der Waals surface area contributed by atoms with E-state index in [1.807, 2.05) is 0 Å². The minimum absolute atomic E-state index is 0. The summed E-state index contributed by atoms with van der Waals surface area (Å²) in [7, 11) is 0. The van der Waals surface area contributed by atoms with Crippen LogP contribution in [0.1, 0.15) is 0 Å². The standard InChI is InChI=1S/4CH2O3.Ca.Fe.H2O/c4*2-1(3)4;;;/h4*(H2,2,3,4);;;1H2/q;;;;+2;;/p-2. The van der Waals surface area contributed by atoms with E-state index in [9.17, 15) is 0 Å². The second-order valence-electron chi connectivity index (χ2n) is 1.10. The van der Waals surface area contributed by atoms with Gasteiger partial charge in [-0.1, -0.05) is 0 Å². The average Bonchev–Trinajstić information content (AvgIpc) is 1.76. The molecule has 13 nitrogen and oxygen atoms in total.